The number of rotatable bonds is 7. The lowest BCUT2D eigenvalue weighted by atomic mass is 10.0. The Morgan fingerprint density at radius 3 is 2.48 bits per heavy atom. The molecule has 0 bridgehead atoms. The average molecular weight is 420 g/mol. The molecular weight excluding hydrogens is 386 g/mol. The highest BCUT2D eigenvalue weighted by atomic mass is 16.3. The monoisotopic (exact) mass is 419 g/mol. The topological polar surface area (TPSA) is 48.7 Å². The Bertz CT molecular complexity index is 1040. The molecule has 1 aliphatic rings. The number of aliphatic hydroxyl groups is 1. The summed E-state index contributed by atoms with van der Waals surface area (Å²) in [5, 5.41) is 10.8. The van der Waals surface area contributed by atoms with Crippen molar-refractivity contribution in [2.75, 3.05) is 32.7 Å². The van der Waals surface area contributed by atoms with Gasteiger partial charge >= 0.3 is 0 Å². The van der Waals surface area contributed by atoms with Gasteiger partial charge in [-0.3, -0.25) is 14.6 Å². The number of aliphatic hydroxyl groups excluding tert-OH is 1. The fourth-order valence-corrected chi connectivity index (χ4v) is 4.92. The van der Waals surface area contributed by atoms with E-state index in [0.29, 0.717) is 19.1 Å². The van der Waals surface area contributed by atoms with E-state index in [0.717, 1.165) is 53.9 Å². The van der Waals surface area contributed by atoms with Gasteiger partial charge in [-0.25, -0.2) is 0 Å². The molecular formula is C26H33N3O2. The number of carbonyl (C=O) groups excluding carboxylic acids is 1. The summed E-state index contributed by atoms with van der Waals surface area (Å²) in [5.74, 6) is 0.179. The van der Waals surface area contributed by atoms with Crippen LogP contribution < -0.4 is 0 Å². The largest absolute Gasteiger partial charge is 0.392 e. The molecule has 2 atom stereocenters. The minimum atomic E-state index is -0.329. The Morgan fingerprint density at radius 1 is 1.10 bits per heavy atom. The van der Waals surface area contributed by atoms with Crippen molar-refractivity contribution >= 4 is 16.7 Å². The number of ketones is 1. The van der Waals surface area contributed by atoms with Gasteiger partial charge in [0.1, 0.15) is 0 Å². The highest BCUT2D eigenvalue weighted by Crippen LogP contribution is 2.34. The number of nitrogens with zero attached hydrogens (tertiary/aromatic N) is 3. The fourth-order valence-electron chi connectivity index (χ4n) is 4.92. The van der Waals surface area contributed by atoms with Crippen LogP contribution in [-0.4, -0.2) is 70.1 Å². The van der Waals surface area contributed by atoms with Crippen molar-refractivity contribution < 1.29 is 9.90 Å². The number of Topliss-reactive ketones (excluding diaryl/α,β-unsaturated/α-hetero) is 1. The molecule has 1 fully saturated rings. The van der Waals surface area contributed by atoms with Gasteiger partial charge in [-0.15, -0.1) is 0 Å². The quantitative estimate of drug-likeness (QED) is 0.590. The number of para-hydroxylation sites is 1. The number of aryl methyl sites for hydroxylation is 1. The van der Waals surface area contributed by atoms with E-state index in [1.807, 2.05) is 37.3 Å². The van der Waals surface area contributed by atoms with Crippen LogP contribution >= 0.6 is 0 Å². The number of β-amino-alcohol motifs (C(OH)–C–C–N with tert-alkyl or cyclic N) is 1. The average Bonchev–Trinajstić information content (AvgIpc) is 3.10. The van der Waals surface area contributed by atoms with Gasteiger partial charge in [-0.05, 0) is 32.4 Å². The SMILES string of the molecule is CCn1c(-c2ccccc2)c(C(=O)CN2CCN(CC(C)O)C(C)C2)c2ccccc21. The molecule has 4 rings (SSSR count). The molecule has 0 aliphatic carbocycles. The van der Waals surface area contributed by atoms with Gasteiger partial charge in [0.05, 0.1) is 23.9 Å². The molecule has 1 saturated heterocycles. The summed E-state index contributed by atoms with van der Waals surface area (Å²) in [6.07, 6.45) is -0.329. The van der Waals surface area contributed by atoms with Gasteiger partial charge in [-0.2, -0.15) is 0 Å². The fraction of sp³-hybridized carbons (Fsp3) is 0.423. The Labute approximate surface area is 184 Å². The van der Waals surface area contributed by atoms with E-state index >= 15 is 0 Å². The van der Waals surface area contributed by atoms with Crippen molar-refractivity contribution in [2.24, 2.45) is 0 Å². The minimum absolute atomic E-state index is 0.179. The second-order valence-electron chi connectivity index (χ2n) is 8.70. The third-order valence-corrected chi connectivity index (χ3v) is 6.33. The molecule has 2 unspecified atom stereocenters. The molecule has 0 spiro atoms. The number of carbonyl (C=O) groups is 1. The van der Waals surface area contributed by atoms with E-state index in [1.165, 1.54) is 0 Å². The highest BCUT2D eigenvalue weighted by Gasteiger charge is 2.28. The predicted molar refractivity (Wildman–Crippen MR) is 127 cm³/mol. The van der Waals surface area contributed by atoms with Gasteiger partial charge in [0.25, 0.3) is 0 Å². The van der Waals surface area contributed by atoms with Crippen LogP contribution in [0.25, 0.3) is 22.2 Å². The van der Waals surface area contributed by atoms with Crippen LogP contribution in [0.2, 0.25) is 0 Å². The molecule has 31 heavy (non-hydrogen) atoms. The number of hydrogen-bond acceptors (Lipinski definition) is 4. The summed E-state index contributed by atoms with van der Waals surface area (Å²) in [4.78, 5) is 18.3. The first-order valence-corrected chi connectivity index (χ1v) is 11.3. The maximum Gasteiger partial charge on any atom is 0.179 e. The number of fused-ring (bicyclic) bond motifs is 1. The summed E-state index contributed by atoms with van der Waals surface area (Å²) in [6.45, 7) is 10.6. The minimum Gasteiger partial charge on any atom is -0.392 e. The lowest BCUT2D eigenvalue weighted by Gasteiger charge is -2.40. The Kier molecular flexibility index (Phi) is 6.56. The molecule has 164 valence electrons. The van der Waals surface area contributed by atoms with E-state index in [2.05, 4.69) is 52.5 Å². The zero-order chi connectivity index (χ0) is 22.0. The van der Waals surface area contributed by atoms with Crippen LogP contribution in [0.3, 0.4) is 0 Å². The zero-order valence-corrected chi connectivity index (χ0v) is 18.8. The maximum atomic E-state index is 13.7. The number of piperazine rings is 1. The van der Waals surface area contributed by atoms with Crippen LogP contribution in [0.1, 0.15) is 31.1 Å². The number of benzene rings is 2. The van der Waals surface area contributed by atoms with Crippen molar-refractivity contribution in [3.63, 3.8) is 0 Å². The second-order valence-corrected chi connectivity index (χ2v) is 8.70. The lowest BCUT2D eigenvalue weighted by molar-refractivity contribution is 0.0436. The molecule has 1 aromatic heterocycles. The molecule has 0 saturated carbocycles. The molecule has 5 heteroatoms. The zero-order valence-electron chi connectivity index (χ0n) is 18.8. The first-order valence-electron chi connectivity index (χ1n) is 11.3. The molecule has 0 amide bonds. The number of aromatic nitrogens is 1. The van der Waals surface area contributed by atoms with Crippen molar-refractivity contribution in [2.45, 2.75) is 39.5 Å². The van der Waals surface area contributed by atoms with Gasteiger partial charge in [0.15, 0.2) is 5.78 Å². The third-order valence-electron chi connectivity index (χ3n) is 6.33. The standard InChI is InChI=1S/C26H33N3O2/c1-4-29-23-13-9-8-12-22(23)25(26(29)21-10-6-5-7-11-21)24(31)18-27-14-15-28(17-20(3)30)19(2)16-27/h5-13,19-20,30H,4,14-18H2,1-3H3. The summed E-state index contributed by atoms with van der Waals surface area (Å²) in [6, 6.07) is 18.8. The Hall–Kier alpha value is -2.47. The van der Waals surface area contributed by atoms with Crippen molar-refractivity contribution in [1.29, 1.82) is 0 Å². The third kappa shape index (κ3) is 4.45. The molecule has 2 aromatic carbocycles. The van der Waals surface area contributed by atoms with Crippen LogP contribution in [0.4, 0.5) is 0 Å². The highest BCUT2D eigenvalue weighted by molar-refractivity contribution is 6.14. The van der Waals surface area contributed by atoms with Gasteiger partial charge in [-0.1, -0.05) is 48.5 Å². The summed E-state index contributed by atoms with van der Waals surface area (Å²) >= 11 is 0. The Balaban J connectivity index is 1.66. The first kappa shape index (κ1) is 21.8. The molecule has 1 N–H and O–H groups in total. The van der Waals surface area contributed by atoms with Gasteiger partial charge in [0, 0.05) is 49.7 Å². The van der Waals surface area contributed by atoms with E-state index in [1.54, 1.807) is 0 Å². The summed E-state index contributed by atoms with van der Waals surface area (Å²) in [7, 11) is 0. The predicted octanol–water partition coefficient (Wildman–Crippen LogP) is 3.90. The Morgan fingerprint density at radius 2 is 1.81 bits per heavy atom. The summed E-state index contributed by atoms with van der Waals surface area (Å²) < 4.78 is 2.26. The molecule has 5 nitrogen and oxygen atoms in total. The van der Waals surface area contributed by atoms with Crippen LogP contribution in [0, 0.1) is 0 Å². The normalized spacial score (nSPS) is 19.0. The smallest absolute Gasteiger partial charge is 0.179 e. The van der Waals surface area contributed by atoms with Gasteiger partial charge < -0.3 is 9.67 Å². The molecule has 2 heterocycles. The van der Waals surface area contributed by atoms with Crippen molar-refractivity contribution in [1.82, 2.24) is 14.4 Å². The van der Waals surface area contributed by atoms with E-state index in [4.69, 9.17) is 0 Å². The van der Waals surface area contributed by atoms with E-state index in [9.17, 15) is 9.90 Å². The summed E-state index contributed by atoms with van der Waals surface area (Å²) in [5.41, 5.74) is 4.05. The lowest BCUT2D eigenvalue weighted by Crippen LogP contribution is -2.54. The first-order chi connectivity index (χ1) is 15.0. The van der Waals surface area contributed by atoms with Crippen LogP contribution in [0.5, 0.6) is 0 Å². The molecule has 3 aromatic rings. The second kappa shape index (κ2) is 9.35. The maximum absolute atomic E-state index is 13.7. The van der Waals surface area contributed by atoms with Crippen molar-refractivity contribution in [3.05, 3.63) is 60.2 Å². The van der Waals surface area contributed by atoms with Crippen LogP contribution in [-0.2, 0) is 6.54 Å². The number of hydrogen-bond donors (Lipinski definition) is 1. The van der Waals surface area contributed by atoms with Crippen LogP contribution in [0.15, 0.2) is 54.6 Å². The van der Waals surface area contributed by atoms with E-state index in [-0.39, 0.29) is 11.9 Å². The van der Waals surface area contributed by atoms with Crippen molar-refractivity contribution in [3.8, 4) is 11.3 Å². The van der Waals surface area contributed by atoms with E-state index < -0.39 is 0 Å². The van der Waals surface area contributed by atoms with Gasteiger partial charge in [0.2, 0.25) is 0 Å². The molecule has 0 radical (unpaired) electrons. The molecule has 1 aliphatic heterocycles.